The van der Waals surface area contributed by atoms with E-state index in [9.17, 15) is 0 Å². The monoisotopic (exact) mass is 285 g/mol. The Morgan fingerprint density at radius 1 is 0.905 bits per heavy atom. The maximum atomic E-state index is 8.89. The molecule has 0 fully saturated rings. The summed E-state index contributed by atoms with van der Waals surface area (Å²) in [6.07, 6.45) is 1.83. The van der Waals surface area contributed by atoms with Crippen molar-refractivity contribution in [3.8, 4) is 11.5 Å². The van der Waals surface area contributed by atoms with Gasteiger partial charge in [-0.2, -0.15) is 0 Å². The standard InChI is InChI=1S/C18H23NO2/c1-2-12-19-14-16-5-9-18(10-6-16)21-17-7-3-15(4-8-17)11-13-20/h3-10,19-20H,2,11-14H2,1H3. The van der Waals surface area contributed by atoms with Crippen molar-refractivity contribution >= 4 is 0 Å². The predicted molar refractivity (Wildman–Crippen MR) is 85.7 cm³/mol. The average Bonchev–Trinajstić information content (AvgIpc) is 2.51. The Morgan fingerprint density at radius 2 is 1.48 bits per heavy atom. The number of ether oxygens (including phenoxy) is 1. The third-order valence-electron chi connectivity index (χ3n) is 3.24. The lowest BCUT2D eigenvalue weighted by molar-refractivity contribution is 0.299. The zero-order chi connectivity index (χ0) is 14.9. The first-order valence-electron chi connectivity index (χ1n) is 7.49. The van der Waals surface area contributed by atoms with E-state index in [1.165, 1.54) is 5.56 Å². The third-order valence-corrected chi connectivity index (χ3v) is 3.24. The normalized spacial score (nSPS) is 10.6. The highest BCUT2D eigenvalue weighted by atomic mass is 16.5. The Labute approximate surface area is 126 Å². The van der Waals surface area contributed by atoms with Crippen molar-refractivity contribution < 1.29 is 9.84 Å². The van der Waals surface area contributed by atoms with Crippen molar-refractivity contribution in [2.24, 2.45) is 0 Å². The summed E-state index contributed by atoms with van der Waals surface area (Å²) in [5, 5.41) is 12.3. The van der Waals surface area contributed by atoms with Crippen LogP contribution in [-0.4, -0.2) is 18.3 Å². The van der Waals surface area contributed by atoms with Gasteiger partial charge in [-0.1, -0.05) is 31.2 Å². The average molecular weight is 285 g/mol. The molecule has 0 saturated heterocycles. The molecule has 112 valence electrons. The van der Waals surface area contributed by atoms with E-state index in [0.717, 1.165) is 36.6 Å². The Balaban J connectivity index is 1.90. The zero-order valence-corrected chi connectivity index (χ0v) is 12.5. The summed E-state index contributed by atoms with van der Waals surface area (Å²) in [6.45, 7) is 4.27. The summed E-state index contributed by atoms with van der Waals surface area (Å²) < 4.78 is 5.81. The van der Waals surface area contributed by atoms with Gasteiger partial charge in [-0.05, 0) is 54.8 Å². The van der Waals surface area contributed by atoms with Crippen LogP contribution in [0.2, 0.25) is 0 Å². The van der Waals surface area contributed by atoms with Crippen LogP contribution in [0, 0.1) is 0 Å². The fraction of sp³-hybridized carbons (Fsp3) is 0.333. The highest BCUT2D eigenvalue weighted by molar-refractivity contribution is 5.34. The van der Waals surface area contributed by atoms with Crippen LogP contribution < -0.4 is 10.1 Å². The van der Waals surface area contributed by atoms with Gasteiger partial charge in [0.15, 0.2) is 0 Å². The molecule has 0 aliphatic heterocycles. The van der Waals surface area contributed by atoms with E-state index in [0.29, 0.717) is 6.42 Å². The molecule has 2 aromatic rings. The van der Waals surface area contributed by atoms with Gasteiger partial charge in [0.1, 0.15) is 11.5 Å². The number of rotatable bonds is 8. The second-order valence-electron chi connectivity index (χ2n) is 5.04. The quantitative estimate of drug-likeness (QED) is 0.729. The summed E-state index contributed by atoms with van der Waals surface area (Å²) in [6, 6.07) is 16.0. The van der Waals surface area contributed by atoms with Gasteiger partial charge >= 0.3 is 0 Å². The summed E-state index contributed by atoms with van der Waals surface area (Å²) in [7, 11) is 0. The van der Waals surface area contributed by atoms with Crippen LogP contribution in [0.1, 0.15) is 24.5 Å². The third kappa shape index (κ3) is 5.21. The molecule has 2 N–H and O–H groups in total. The number of hydrogen-bond donors (Lipinski definition) is 2. The molecule has 0 atom stereocenters. The molecule has 0 aliphatic rings. The maximum absolute atomic E-state index is 8.89. The molecule has 0 radical (unpaired) electrons. The lowest BCUT2D eigenvalue weighted by atomic mass is 10.1. The molecule has 3 heteroatoms. The van der Waals surface area contributed by atoms with Crippen LogP contribution in [0.25, 0.3) is 0 Å². The minimum atomic E-state index is 0.174. The number of hydrogen-bond acceptors (Lipinski definition) is 3. The van der Waals surface area contributed by atoms with E-state index in [2.05, 4.69) is 24.4 Å². The van der Waals surface area contributed by atoms with Crippen LogP contribution in [0.3, 0.4) is 0 Å². The van der Waals surface area contributed by atoms with Gasteiger partial charge in [0.25, 0.3) is 0 Å². The van der Waals surface area contributed by atoms with Gasteiger partial charge < -0.3 is 15.2 Å². The van der Waals surface area contributed by atoms with Gasteiger partial charge in [-0.15, -0.1) is 0 Å². The van der Waals surface area contributed by atoms with Crippen molar-refractivity contribution in [1.29, 1.82) is 0 Å². The van der Waals surface area contributed by atoms with E-state index in [4.69, 9.17) is 9.84 Å². The fourth-order valence-electron chi connectivity index (χ4n) is 2.07. The summed E-state index contributed by atoms with van der Waals surface area (Å²) >= 11 is 0. The van der Waals surface area contributed by atoms with Crippen LogP contribution >= 0.6 is 0 Å². The Kier molecular flexibility index (Phi) is 6.25. The second-order valence-corrected chi connectivity index (χ2v) is 5.04. The van der Waals surface area contributed by atoms with Crippen molar-refractivity contribution in [3.63, 3.8) is 0 Å². The molecule has 0 spiro atoms. The number of benzene rings is 2. The SMILES string of the molecule is CCCNCc1ccc(Oc2ccc(CCO)cc2)cc1. The molecule has 0 saturated carbocycles. The van der Waals surface area contributed by atoms with Gasteiger partial charge in [-0.25, -0.2) is 0 Å². The zero-order valence-electron chi connectivity index (χ0n) is 12.5. The molecule has 2 aromatic carbocycles. The first-order chi connectivity index (χ1) is 10.3. The van der Waals surface area contributed by atoms with Crippen molar-refractivity contribution in [1.82, 2.24) is 5.32 Å². The first kappa shape index (κ1) is 15.5. The van der Waals surface area contributed by atoms with Gasteiger partial charge in [0, 0.05) is 13.2 Å². The predicted octanol–water partition coefficient (Wildman–Crippen LogP) is 3.51. The van der Waals surface area contributed by atoms with Crippen molar-refractivity contribution in [3.05, 3.63) is 59.7 Å². The molecule has 2 rings (SSSR count). The van der Waals surface area contributed by atoms with E-state index in [1.54, 1.807) is 0 Å². The molecule has 21 heavy (non-hydrogen) atoms. The topological polar surface area (TPSA) is 41.5 Å². The summed E-state index contributed by atoms with van der Waals surface area (Å²) in [5.74, 6) is 1.65. The summed E-state index contributed by atoms with van der Waals surface area (Å²) in [4.78, 5) is 0. The minimum absolute atomic E-state index is 0.174. The molecule has 0 unspecified atom stereocenters. The van der Waals surface area contributed by atoms with Gasteiger partial charge in [0.05, 0.1) is 0 Å². The molecule has 0 aliphatic carbocycles. The molecular weight excluding hydrogens is 262 g/mol. The second kappa shape index (κ2) is 8.45. The smallest absolute Gasteiger partial charge is 0.127 e. The van der Waals surface area contributed by atoms with E-state index >= 15 is 0 Å². The largest absolute Gasteiger partial charge is 0.457 e. The van der Waals surface area contributed by atoms with Crippen molar-refractivity contribution in [2.75, 3.05) is 13.2 Å². The van der Waals surface area contributed by atoms with Crippen LogP contribution in [-0.2, 0) is 13.0 Å². The maximum Gasteiger partial charge on any atom is 0.127 e. The molecule has 0 amide bonds. The Bertz CT molecular complexity index is 520. The molecule has 0 bridgehead atoms. The minimum Gasteiger partial charge on any atom is -0.457 e. The van der Waals surface area contributed by atoms with Crippen LogP contribution in [0.5, 0.6) is 11.5 Å². The Hall–Kier alpha value is -1.84. The number of aliphatic hydroxyl groups excluding tert-OH is 1. The highest BCUT2D eigenvalue weighted by Crippen LogP contribution is 2.22. The van der Waals surface area contributed by atoms with Gasteiger partial charge in [0.2, 0.25) is 0 Å². The molecular formula is C18H23NO2. The van der Waals surface area contributed by atoms with E-state index in [-0.39, 0.29) is 6.61 Å². The van der Waals surface area contributed by atoms with Crippen LogP contribution in [0.4, 0.5) is 0 Å². The van der Waals surface area contributed by atoms with Crippen LogP contribution in [0.15, 0.2) is 48.5 Å². The fourth-order valence-corrected chi connectivity index (χ4v) is 2.07. The highest BCUT2D eigenvalue weighted by Gasteiger charge is 1.99. The lowest BCUT2D eigenvalue weighted by Gasteiger charge is -2.08. The number of nitrogens with one attached hydrogen (secondary N) is 1. The van der Waals surface area contributed by atoms with Gasteiger partial charge in [-0.3, -0.25) is 0 Å². The molecule has 0 aromatic heterocycles. The molecule has 0 heterocycles. The lowest BCUT2D eigenvalue weighted by Crippen LogP contribution is -2.13. The molecule has 3 nitrogen and oxygen atoms in total. The first-order valence-corrected chi connectivity index (χ1v) is 7.49. The summed E-state index contributed by atoms with van der Waals surface area (Å²) in [5.41, 5.74) is 2.37. The Morgan fingerprint density at radius 3 is 2.00 bits per heavy atom. The van der Waals surface area contributed by atoms with E-state index in [1.807, 2.05) is 36.4 Å². The van der Waals surface area contributed by atoms with Crippen molar-refractivity contribution in [2.45, 2.75) is 26.3 Å². The van der Waals surface area contributed by atoms with E-state index < -0.39 is 0 Å². The number of aliphatic hydroxyl groups is 1.